The minimum absolute atomic E-state index is 0.0348. The average molecular weight is 484 g/mol. The fourth-order valence-corrected chi connectivity index (χ4v) is 6.29. The third-order valence-corrected chi connectivity index (χ3v) is 7.89. The number of nitrogens with zero attached hydrogens (tertiary/aromatic N) is 3. The van der Waals surface area contributed by atoms with E-state index >= 15 is 0 Å². The molecule has 1 aliphatic rings. The molecule has 0 radical (unpaired) electrons. The molecule has 0 unspecified atom stereocenters. The van der Waals surface area contributed by atoms with Crippen LogP contribution in [0.25, 0.3) is 11.0 Å². The third-order valence-electron chi connectivity index (χ3n) is 6.04. The van der Waals surface area contributed by atoms with Gasteiger partial charge in [0.15, 0.2) is 0 Å². The van der Waals surface area contributed by atoms with Crippen LogP contribution in [0.4, 0.5) is 0 Å². The Morgan fingerprint density at radius 2 is 1.71 bits per heavy atom. The van der Waals surface area contributed by atoms with Crippen LogP contribution in [0.1, 0.15) is 42.0 Å². The van der Waals surface area contributed by atoms with Gasteiger partial charge in [0.25, 0.3) is 0 Å². The molecular weight excluding hydrogens is 454 g/mol. The number of ether oxygens (including phenoxy) is 2. The molecule has 180 valence electrons. The van der Waals surface area contributed by atoms with E-state index in [0.717, 1.165) is 11.9 Å². The Hall–Kier alpha value is -3.04. The Kier molecular flexibility index (Phi) is 6.86. The van der Waals surface area contributed by atoms with Gasteiger partial charge in [-0.2, -0.15) is 4.31 Å². The number of hydrogen-bond donors (Lipinski definition) is 0. The number of rotatable bonds is 6. The SMILES string of the molecule is COc1ccc(C(=O)OCc2nc3ccccc3nc2C)cc1S(=O)(=O)N1C[C@H](C)C[C@H](C)C1. The maximum Gasteiger partial charge on any atom is 0.338 e. The van der Waals surface area contributed by atoms with Gasteiger partial charge in [0, 0.05) is 13.1 Å². The second-order valence-corrected chi connectivity index (χ2v) is 10.9. The van der Waals surface area contributed by atoms with Crippen LogP contribution in [-0.2, 0) is 21.4 Å². The zero-order valence-corrected chi connectivity index (χ0v) is 20.6. The molecule has 1 aliphatic heterocycles. The lowest BCUT2D eigenvalue weighted by Gasteiger charge is -2.34. The van der Waals surface area contributed by atoms with Gasteiger partial charge in [-0.25, -0.2) is 23.2 Å². The Morgan fingerprint density at radius 1 is 1.06 bits per heavy atom. The fraction of sp³-hybridized carbons (Fsp3) is 0.400. The van der Waals surface area contributed by atoms with Crippen molar-refractivity contribution in [1.29, 1.82) is 0 Å². The number of para-hydroxylation sites is 2. The molecule has 9 heteroatoms. The molecule has 0 amide bonds. The molecule has 1 saturated heterocycles. The first-order chi connectivity index (χ1) is 16.2. The molecule has 34 heavy (non-hydrogen) atoms. The number of benzene rings is 2. The Labute approximate surface area is 200 Å². The molecular formula is C25H29N3O5S. The molecule has 2 aromatic carbocycles. The summed E-state index contributed by atoms with van der Waals surface area (Å²) in [7, 11) is -2.43. The Balaban J connectivity index is 1.57. The number of carbonyl (C=O) groups is 1. The summed E-state index contributed by atoms with van der Waals surface area (Å²) in [5.74, 6) is 0.0560. The molecule has 0 spiro atoms. The molecule has 0 saturated carbocycles. The molecule has 0 N–H and O–H groups in total. The first kappa shape index (κ1) is 24.1. The zero-order chi connectivity index (χ0) is 24.5. The van der Waals surface area contributed by atoms with Gasteiger partial charge in [-0.3, -0.25) is 0 Å². The maximum absolute atomic E-state index is 13.5. The molecule has 2 heterocycles. The van der Waals surface area contributed by atoms with Crippen LogP contribution in [0.15, 0.2) is 47.4 Å². The number of methoxy groups -OCH3 is 1. The summed E-state index contributed by atoms with van der Waals surface area (Å²) < 4.78 is 39.2. The van der Waals surface area contributed by atoms with Gasteiger partial charge in [0.1, 0.15) is 17.3 Å². The van der Waals surface area contributed by atoms with Crippen LogP contribution in [0, 0.1) is 18.8 Å². The topological polar surface area (TPSA) is 98.7 Å². The second-order valence-electron chi connectivity index (χ2n) is 8.95. The summed E-state index contributed by atoms with van der Waals surface area (Å²) in [6.07, 6.45) is 0.979. The summed E-state index contributed by atoms with van der Waals surface area (Å²) in [5, 5.41) is 0. The van der Waals surface area contributed by atoms with Crippen molar-refractivity contribution in [2.45, 2.75) is 38.7 Å². The third kappa shape index (κ3) is 4.90. The predicted octanol–water partition coefficient (Wildman–Crippen LogP) is 3.97. The monoisotopic (exact) mass is 483 g/mol. The Bertz CT molecular complexity index is 1320. The first-order valence-corrected chi connectivity index (χ1v) is 12.7. The lowest BCUT2D eigenvalue weighted by Crippen LogP contribution is -2.42. The van der Waals surface area contributed by atoms with E-state index in [1.54, 1.807) is 6.92 Å². The highest BCUT2D eigenvalue weighted by Crippen LogP contribution is 2.32. The van der Waals surface area contributed by atoms with Gasteiger partial charge < -0.3 is 9.47 Å². The molecule has 1 aromatic heterocycles. The number of carbonyl (C=O) groups excluding carboxylic acids is 1. The number of hydrogen-bond acceptors (Lipinski definition) is 7. The van der Waals surface area contributed by atoms with Crippen LogP contribution in [0.5, 0.6) is 5.75 Å². The minimum atomic E-state index is -3.85. The van der Waals surface area contributed by atoms with E-state index in [4.69, 9.17) is 9.47 Å². The van der Waals surface area contributed by atoms with E-state index in [2.05, 4.69) is 9.97 Å². The van der Waals surface area contributed by atoms with Crippen molar-refractivity contribution in [3.05, 3.63) is 59.4 Å². The highest BCUT2D eigenvalue weighted by molar-refractivity contribution is 7.89. The summed E-state index contributed by atoms with van der Waals surface area (Å²) in [6.45, 7) is 6.69. The number of esters is 1. The molecule has 1 fully saturated rings. The van der Waals surface area contributed by atoms with E-state index in [1.165, 1.54) is 29.6 Å². The molecule has 3 aromatic rings. The van der Waals surface area contributed by atoms with E-state index in [1.807, 2.05) is 38.1 Å². The number of fused-ring (bicyclic) bond motifs is 1. The first-order valence-electron chi connectivity index (χ1n) is 11.3. The van der Waals surface area contributed by atoms with Crippen molar-refractivity contribution in [2.24, 2.45) is 11.8 Å². The quantitative estimate of drug-likeness (QED) is 0.489. The van der Waals surface area contributed by atoms with Crippen LogP contribution < -0.4 is 4.74 Å². The van der Waals surface area contributed by atoms with Gasteiger partial charge in [0.05, 0.1) is 35.1 Å². The van der Waals surface area contributed by atoms with Crippen molar-refractivity contribution in [1.82, 2.24) is 14.3 Å². The summed E-state index contributed by atoms with van der Waals surface area (Å²) in [4.78, 5) is 21.8. The molecule has 0 aliphatic carbocycles. The number of piperidine rings is 1. The van der Waals surface area contributed by atoms with Gasteiger partial charge in [-0.15, -0.1) is 0 Å². The van der Waals surface area contributed by atoms with Crippen molar-refractivity contribution in [3.63, 3.8) is 0 Å². The van der Waals surface area contributed by atoms with Crippen molar-refractivity contribution < 1.29 is 22.7 Å². The fourth-order valence-electron chi connectivity index (χ4n) is 4.43. The minimum Gasteiger partial charge on any atom is -0.495 e. The second kappa shape index (κ2) is 9.68. The van der Waals surface area contributed by atoms with E-state index in [0.29, 0.717) is 30.0 Å². The lowest BCUT2D eigenvalue weighted by atomic mass is 9.94. The van der Waals surface area contributed by atoms with E-state index in [-0.39, 0.29) is 34.7 Å². The van der Waals surface area contributed by atoms with Gasteiger partial charge >= 0.3 is 5.97 Å². The molecule has 8 nitrogen and oxygen atoms in total. The molecule has 0 bridgehead atoms. The van der Waals surface area contributed by atoms with Crippen LogP contribution >= 0.6 is 0 Å². The van der Waals surface area contributed by atoms with Gasteiger partial charge in [-0.1, -0.05) is 26.0 Å². The average Bonchev–Trinajstić information content (AvgIpc) is 2.81. The van der Waals surface area contributed by atoms with Crippen molar-refractivity contribution in [2.75, 3.05) is 20.2 Å². The number of aryl methyl sites for hydroxylation is 1. The predicted molar refractivity (Wildman–Crippen MR) is 128 cm³/mol. The summed E-state index contributed by atoms with van der Waals surface area (Å²) in [6, 6.07) is 11.8. The van der Waals surface area contributed by atoms with Crippen molar-refractivity contribution in [3.8, 4) is 5.75 Å². The summed E-state index contributed by atoms with van der Waals surface area (Å²) in [5.41, 5.74) is 2.81. The zero-order valence-electron chi connectivity index (χ0n) is 19.8. The highest BCUT2D eigenvalue weighted by Gasteiger charge is 2.34. The van der Waals surface area contributed by atoms with Crippen LogP contribution in [0.3, 0.4) is 0 Å². The largest absolute Gasteiger partial charge is 0.495 e. The standard InChI is InChI=1S/C25H29N3O5S/c1-16-11-17(2)14-28(13-16)34(30,31)24-12-19(9-10-23(24)32-4)25(29)33-15-22-18(3)26-20-7-5-6-8-21(20)27-22/h5-10,12,16-17H,11,13-15H2,1-4H3/t16-,17+. The number of aromatic nitrogens is 2. The highest BCUT2D eigenvalue weighted by atomic mass is 32.2. The number of sulfonamides is 1. The van der Waals surface area contributed by atoms with E-state index < -0.39 is 16.0 Å². The van der Waals surface area contributed by atoms with Gasteiger partial charge in [-0.05, 0) is 55.5 Å². The normalized spacial score (nSPS) is 19.2. The smallest absolute Gasteiger partial charge is 0.338 e. The van der Waals surface area contributed by atoms with Crippen LogP contribution in [-0.4, -0.2) is 48.9 Å². The van der Waals surface area contributed by atoms with E-state index in [9.17, 15) is 13.2 Å². The van der Waals surface area contributed by atoms with Gasteiger partial charge in [0.2, 0.25) is 10.0 Å². The molecule has 2 atom stereocenters. The van der Waals surface area contributed by atoms with Crippen LogP contribution in [0.2, 0.25) is 0 Å². The van der Waals surface area contributed by atoms with Crippen molar-refractivity contribution >= 4 is 27.0 Å². The Morgan fingerprint density at radius 3 is 2.35 bits per heavy atom. The summed E-state index contributed by atoms with van der Waals surface area (Å²) >= 11 is 0. The maximum atomic E-state index is 13.5. The lowest BCUT2D eigenvalue weighted by molar-refractivity contribution is 0.0466. The molecule has 4 rings (SSSR count).